The molecule has 27 heavy (non-hydrogen) atoms. The summed E-state index contributed by atoms with van der Waals surface area (Å²) >= 11 is 0. The van der Waals surface area contributed by atoms with Crippen molar-refractivity contribution in [2.75, 3.05) is 19.7 Å². The maximum atomic E-state index is 10.2. The number of aliphatic hydroxyl groups excluding tert-OH is 2. The van der Waals surface area contributed by atoms with Crippen molar-refractivity contribution in [2.24, 2.45) is 40.4 Å². The maximum Gasteiger partial charge on any atom is 0.0544 e. The zero-order valence-electron chi connectivity index (χ0n) is 18.1. The molecule has 3 rings (SSSR count). The van der Waals surface area contributed by atoms with E-state index < -0.39 is 0 Å². The van der Waals surface area contributed by atoms with Crippen LogP contribution in [0.4, 0.5) is 0 Å². The molecule has 0 aromatic heterocycles. The van der Waals surface area contributed by atoms with E-state index in [0.717, 1.165) is 32.4 Å². The highest BCUT2D eigenvalue weighted by atomic mass is 16.3. The summed E-state index contributed by atoms with van der Waals surface area (Å²) in [5.41, 5.74) is 1.92. The molecule has 3 nitrogen and oxygen atoms in total. The van der Waals surface area contributed by atoms with Crippen molar-refractivity contribution in [3.05, 3.63) is 12.2 Å². The van der Waals surface area contributed by atoms with Gasteiger partial charge in [0.25, 0.3) is 0 Å². The van der Waals surface area contributed by atoms with Crippen molar-refractivity contribution in [3.63, 3.8) is 0 Å². The maximum absolute atomic E-state index is 10.2. The second-order valence-corrected chi connectivity index (χ2v) is 10.8. The zero-order chi connectivity index (χ0) is 19.8. The lowest BCUT2D eigenvalue weighted by Gasteiger charge is -2.56. The molecule has 0 heterocycles. The standard InChI is InChI=1S/C24H43NO2/c1-16(2)13-25-14-20-21-7-6-17(3)23(21,4)11-9-22(20)24(5)10-8-19(27)12-18(24)15-26/h16,18-22,25-27H,3,6-15H2,1-2,4-5H3/t18-,19+,20+,21?,22?,23-,24+/m1/s1. The topological polar surface area (TPSA) is 52.5 Å². The second-order valence-electron chi connectivity index (χ2n) is 10.8. The molecule has 0 bridgehead atoms. The van der Waals surface area contributed by atoms with Gasteiger partial charge < -0.3 is 15.5 Å². The molecule has 0 aromatic rings. The molecular weight excluding hydrogens is 334 g/mol. The predicted molar refractivity (Wildman–Crippen MR) is 112 cm³/mol. The van der Waals surface area contributed by atoms with Gasteiger partial charge in [0.2, 0.25) is 0 Å². The lowest BCUT2D eigenvalue weighted by atomic mass is 9.49. The third kappa shape index (κ3) is 3.89. The third-order valence-corrected chi connectivity index (χ3v) is 8.90. The molecular formula is C24H43NO2. The smallest absolute Gasteiger partial charge is 0.0544 e. The molecule has 3 aliphatic rings. The summed E-state index contributed by atoms with van der Waals surface area (Å²) in [6, 6.07) is 0. The van der Waals surface area contributed by atoms with Crippen LogP contribution < -0.4 is 5.32 Å². The second kappa shape index (κ2) is 8.16. The average Bonchev–Trinajstić information content (AvgIpc) is 2.92. The quantitative estimate of drug-likeness (QED) is 0.602. The highest BCUT2D eigenvalue weighted by Gasteiger charge is 2.56. The molecule has 3 saturated carbocycles. The van der Waals surface area contributed by atoms with Gasteiger partial charge in [-0.1, -0.05) is 39.8 Å². The number of nitrogens with one attached hydrogen (secondary N) is 1. The summed E-state index contributed by atoms with van der Waals surface area (Å²) in [6.45, 7) is 16.3. The van der Waals surface area contributed by atoms with E-state index in [0.29, 0.717) is 29.1 Å². The van der Waals surface area contributed by atoms with Gasteiger partial charge in [-0.15, -0.1) is 0 Å². The van der Waals surface area contributed by atoms with Gasteiger partial charge in [0.15, 0.2) is 0 Å². The Balaban J connectivity index is 1.86. The fourth-order valence-electron chi connectivity index (χ4n) is 7.01. The third-order valence-electron chi connectivity index (χ3n) is 8.90. The molecule has 2 unspecified atom stereocenters. The monoisotopic (exact) mass is 377 g/mol. The molecule has 3 fully saturated rings. The van der Waals surface area contributed by atoms with E-state index >= 15 is 0 Å². The highest BCUT2D eigenvalue weighted by Crippen LogP contribution is 2.63. The zero-order valence-corrected chi connectivity index (χ0v) is 18.1. The van der Waals surface area contributed by atoms with Crippen LogP contribution in [-0.2, 0) is 0 Å². The van der Waals surface area contributed by atoms with E-state index in [1.54, 1.807) is 0 Å². The lowest BCUT2D eigenvalue weighted by Crippen LogP contribution is -2.53. The number of fused-ring (bicyclic) bond motifs is 1. The molecule has 0 saturated heterocycles. The molecule has 7 atom stereocenters. The van der Waals surface area contributed by atoms with E-state index in [1.165, 1.54) is 31.3 Å². The first-order valence-electron chi connectivity index (χ1n) is 11.4. The first-order chi connectivity index (χ1) is 12.7. The molecule has 0 radical (unpaired) electrons. The van der Waals surface area contributed by atoms with Crippen LogP contribution in [0.5, 0.6) is 0 Å². The van der Waals surface area contributed by atoms with Crippen LogP contribution in [0.15, 0.2) is 12.2 Å². The van der Waals surface area contributed by atoms with Crippen molar-refractivity contribution in [3.8, 4) is 0 Å². The van der Waals surface area contributed by atoms with Crippen LogP contribution in [-0.4, -0.2) is 36.0 Å². The SMILES string of the molecule is C=C1CCC2[C@H](CNCC(C)C)C([C@@]3(C)CC[C@H](O)C[C@@H]3CO)CC[C@]12C. The van der Waals surface area contributed by atoms with Crippen molar-refractivity contribution < 1.29 is 10.2 Å². The van der Waals surface area contributed by atoms with Crippen molar-refractivity contribution >= 4 is 0 Å². The fourth-order valence-corrected chi connectivity index (χ4v) is 7.01. The van der Waals surface area contributed by atoms with Gasteiger partial charge in [0.05, 0.1) is 6.10 Å². The van der Waals surface area contributed by atoms with Crippen LogP contribution in [0.25, 0.3) is 0 Å². The Morgan fingerprint density at radius 1 is 1.15 bits per heavy atom. The Morgan fingerprint density at radius 3 is 2.56 bits per heavy atom. The summed E-state index contributed by atoms with van der Waals surface area (Å²) in [4.78, 5) is 0. The summed E-state index contributed by atoms with van der Waals surface area (Å²) < 4.78 is 0. The lowest BCUT2D eigenvalue weighted by molar-refractivity contribution is -0.0933. The molecule has 3 N–H and O–H groups in total. The summed E-state index contributed by atoms with van der Waals surface area (Å²) in [5.74, 6) is 2.89. The Kier molecular flexibility index (Phi) is 6.45. The molecule has 3 aliphatic carbocycles. The summed E-state index contributed by atoms with van der Waals surface area (Å²) in [5, 5.41) is 24.1. The summed E-state index contributed by atoms with van der Waals surface area (Å²) in [6.07, 6.45) is 7.44. The minimum Gasteiger partial charge on any atom is -0.396 e. The Hall–Kier alpha value is -0.380. The molecule has 0 aromatic carbocycles. The summed E-state index contributed by atoms with van der Waals surface area (Å²) in [7, 11) is 0. The van der Waals surface area contributed by atoms with Gasteiger partial charge >= 0.3 is 0 Å². The van der Waals surface area contributed by atoms with Crippen LogP contribution in [0.2, 0.25) is 0 Å². The largest absolute Gasteiger partial charge is 0.396 e. The predicted octanol–water partition coefficient (Wildman–Crippen LogP) is 4.39. The van der Waals surface area contributed by atoms with E-state index in [2.05, 4.69) is 39.6 Å². The van der Waals surface area contributed by atoms with Crippen molar-refractivity contribution in [1.29, 1.82) is 0 Å². The first-order valence-corrected chi connectivity index (χ1v) is 11.4. The number of hydrogen-bond donors (Lipinski definition) is 3. The van der Waals surface area contributed by atoms with Crippen LogP contribution in [0.1, 0.15) is 72.6 Å². The van der Waals surface area contributed by atoms with Gasteiger partial charge in [0, 0.05) is 6.61 Å². The first kappa shape index (κ1) is 21.3. The molecule has 3 heteroatoms. The van der Waals surface area contributed by atoms with Crippen LogP contribution in [0.3, 0.4) is 0 Å². The number of aliphatic hydroxyl groups is 2. The number of allylic oxidation sites excluding steroid dienone is 1. The average molecular weight is 378 g/mol. The Morgan fingerprint density at radius 2 is 1.89 bits per heavy atom. The van der Waals surface area contributed by atoms with Gasteiger partial charge in [-0.25, -0.2) is 0 Å². The van der Waals surface area contributed by atoms with E-state index in [1.807, 2.05) is 0 Å². The van der Waals surface area contributed by atoms with Gasteiger partial charge in [-0.3, -0.25) is 0 Å². The Bertz CT molecular complexity index is 532. The van der Waals surface area contributed by atoms with E-state index in [9.17, 15) is 10.2 Å². The van der Waals surface area contributed by atoms with E-state index in [-0.39, 0.29) is 24.0 Å². The minimum atomic E-state index is -0.229. The van der Waals surface area contributed by atoms with Crippen molar-refractivity contribution in [2.45, 2.75) is 78.7 Å². The molecule has 0 amide bonds. The van der Waals surface area contributed by atoms with Gasteiger partial charge in [-0.05, 0) is 98.5 Å². The minimum absolute atomic E-state index is 0.142. The van der Waals surface area contributed by atoms with Crippen LogP contribution >= 0.6 is 0 Å². The fraction of sp³-hybridized carbons (Fsp3) is 0.917. The number of rotatable bonds is 6. The molecule has 156 valence electrons. The van der Waals surface area contributed by atoms with Gasteiger partial charge in [0.1, 0.15) is 0 Å². The highest BCUT2D eigenvalue weighted by molar-refractivity contribution is 5.21. The molecule has 0 spiro atoms. The van der Waals surface area contributed by atoms with Crippen molar-refractivity contribution in [1.82, 2.24) is 5.32 Å². The molecule has 0 aliphatic heterocycles. The van der Waals surface area contributed by atoms with Gasteiger partial charge in [-0.2, -0.15) is 0 Å². The Labute approximate surface area is 167 Å². The normalized spacial score (nSPS) is 45.3. The van der Waals surface area contributed by atoms with Crippen LogP contribution in [0, 0.1) is 40.4 Å². The van der Waals surface area contributed by atoms with E-state index in [4.69, 9.17) is 0 Å². The number of hydrogen-bond acceptors (Lipinski definition) is 3.